The van der Waals surface area contributed by atoms with E-state index in [1.807, 2.05) is 13.8 Å². The van der Waals surface area contributed by atoms with Crippen molar-refractivity contribution in [2.24, 2.45) is 0 Å². The number of hydrogen-bond acceptors (Lipinski definition) is 6. The van der Waals surface area contributed by atoms with E-state index in [0.717, 1.165) is 12.3 Å². The van der Waals surface area contributed by atoms with E-state index in [-0.39, 0.29) is 12.5 Å². The molecule has 0 unspecified atom stereocenters. The number of hydrogen-bond donors (Lipinski definition) is 2. The molecule has 0 aliphatic carbocycles. The Morgan fingerprint density at radius 3 is 2.71 bits per heavy atom. The van der Waals surface area contributed by atoms with Crippen LogP contribution in [0.5, 0.6) is 5.75 Å². The van der Waals surface area contributed by atoms with Gasteiger partial charge in [0, 0.05) is 19.2 Å². The van der Waals surface area contributed by atoms with Crippen LogP contribution in [0.4, 0.5) is 0 Å². The second-order valence-electron chi connectivity index (χ2n) is 5.44. The SMILES string of the molecule is CC(C)(C(=O)NCc1cc(=O)c(O)co1)N1CCOCC1. The van der Waals surface area contributed by atoms with Crippen molar-refractivity contribution in [3.05, 3.63) is 28.3 Å². The first-order chi connectivity index (χ1) is 9.91. The Bertz CT molecular complexity index is 561. The maximum Gasteiger partial charge on any atom is 0.240 e. The van der Waals surface area contributed by atoms with Crippen molar-refractivity contribution in [2.45, 2.75) is 25.9 Å². The van der Waals surface area contributed by atoms with E-state index < -0.39 is 16.7 Å². The molecule has 116 valence electrons. The van der Waals surface area contributed by atoms with E-state index >= 15 is 0 Å². The van der Waals surface area contributed by atoms with Crippen LogP contribution in [0.15, 0.2) is 21.5 Å². The van der Waals surface area contributed by atoms with E-state index in [1.165, 1.54) is 0 Å². The zero-order valence-electron chi connectivity index (χ0n) is 12.2. The van der Waals surface area contributed by atoms with Gasteiger partial charge in [0.05, 0.1) is 25.3 Å². The second-order valence-corrected chi connectivity index (χ2v) is 5.44. The van der Waals surface area contributed by atoms with Gasteiger partial charge in [-0.1, -0.05) is 0 Å². The molecule has 1 amide bonds. The molecule has 0 saturated carbocycles. The van der Waals surface area contributed by atoms with Gasteiger partial charge < -0.3 is 19.6 Å². The van der Waals surface area contributed by atoms with E-state index in [1.54, 1.807) is 0 Å². The molecular weight excluding hydrogens is 276 g/mol. The minimum absolute atomic E-state index is 0.0993. The molecular formula is C14H20N2O5. The Morgan fingerprint density at radius 2 is 2.10 bits per heavy atom. The summed E-state index contributed by atoms with van der Waals surface area (Å²) in [6.45, 7) is 6.43. The predicted octanol–water partition coefficient (Wildman–Crippen LogP) is 0.0724. The van der Waals surface area contributed by atoms with Gasteiger partial charge >= 0.3 is 0 Å². The van der Waals surface area contributed by atoms with E-state index in [2.05, 4.69) is 10.2 Å². The molecule has 0 radical (unpaired) electrons. The molecule has 1 aliphatic heterocycles. The highest BCUT2D eigenvalue weighted by atomic mass is 16.5. The molecule has 1 fully saturated rings. The fourth-order valence-corrected chi connectivity index (χ4v) is 2.19. The van der Waals surface area contributed by atoms with Gasteiger partial charge in [-0.15, -0.1) is 0 Å². The van der Waals surface area contributed by atoms with Crippen LogP contribution in [0.2, 0.25) is 0 Å². The molecule has 7 heteroatoms. The third-order valence-electron chi connectivity index (χ3n) is 3.65. The molecule has 7 nitrogen and oxygen atoms in total. The van der Waals surface area contributed by atoms with Crippen LogP contribution in [0.1, 0.15) is 19.6 Å². The highest BCUT2D eigenvalue weighted by Gasteiger charge is 2.35. The number of carbonyl (C=O) groups is 1. The molecule has 0 aromatic carbocycles. The van der Waals surface area contributed by atoms with Gasteiger partial charge in [0.25, 0.3) is 0 Å². The summed E-state index contributed by atoms with van der Waals surface area (Å²) in [5, 5.41) is 11.9. The van der Waals surface area contributed by atoms with Crippen LogP contribution in [0, 0.1) is 0 Å². The van der Waals surface area contributed by atoms with Gasteiger partial charge in [0.2, 0.25) is 11.3 Å². The van der Waals surface area contributed by atoms with E-state index in [0.29, 0.717) is 32.1 Å². The smallest absolute Gasteiger partial charge is 0.240 e. The molecule has 2 rings (SSSR count). The molecule has 1 aromatic heterocycles. The summed E-state index contributed by atoms with van der Waals surface area (Å²) >= 11 is 0. The summed E-state index contributed by atoms with van der Waals surface area (Å²) in [6.07, 6.45) is 0.969. The second kappa shape index (κ2) is 6.28. The zero-order valence-corrected chi connectivity index (χ0v) is 12.2. The Morgan fingerprint density at radius 1 is 1.43 bits per heavy atom. The standard InChI is InChI=1S/C14H20N2O5/c1-14(2,16-3-5-20-6-4-16)13(19)15-8-10-7-11(17)12(18)9-21-10/h7,9,18H,3-6,8H2,1-2H3,(H,15,19). The minimum atomic E-state index is -0.666. The number of ether oxygens (including phenoxy) is 1. The predicted molar refractivity (Wildman–Crippen MR) is 75.0 cm³/mol. The topological polar surface area (TPSA) is 92.0 Å². The summed E-state index contributed by atoms with van der Waals surface area (Å²) in [5.41, 5.74) is -1.20. The summed E-state index contributed by atoms with van der Waals surface area (Å²) < 4.78 is 10.3. The van der Waals surface area contributed by atoms with Crippen molar-refractivity contribution in [1.29, 1.82) is 0 Å². The van der Waals surface area contributed by atoms with Crippen LogP contribution in [-0.2, 0) is 16.1 Å². The third kappa shape index (κ3) is 3.62. The van der Waals surface area contributed by atoms with Crippen LogP contribution in [-0.4, -0.2) is 47.8 Å². The maximum absolute atomic E-state index is 12.3. The first kappa shape index (κ1) is 15.5. The molecule has 1 aliphatic rings. The van der Waals surface area contributed by atoms with Gasteiger partial charge in [-0.2, -0.15) is 0 Å². The van der Waals surface area contributed by atoms with Crippen molar-refractivity contribution in [3.8, 4) is 5.75 Å². The molecule has 2 heterocycles. The first-order valence-electron chi connectivity index (χ1n) is 6.83. The van der Waals surface area contributed by atoms with E-state index in [9.17, 15) is 9.59 Å². The highest BCUT2D eigenvalue weighted by molar-refractivity contribution is 5.85. The molecule has 1 saturated heterocycles. The van der Waals surface area contributed by atoms with Gasteiger partial charge in [-0.05, 0) is 13.8 Å². The highest BCUT2D eigenvalue weighted by Crippen LogP contribution is 2.16. The Kier molecular flexibility index (Phi) is 4.64. The Hall–Kier alpha value is -1.86. The number of carbonyl (C=O) groups excluding carboxylic acids is 1. The van der Waals surface area contributed by atoms with Gasteiger partial charge in [-0.25, -0.2) is 0 Å². The fourth-order valence-electron chi connectivity index (χ4n) is 2.19. The number of rotatable bonds is 4. The van der Waals surface area contributed by atoms with Crippen LogP contribution in [0.25, 0.3) is 0 Å². The number of amides is 1. The van der Waals surface area contributed by atoms with Crippen LogP contribution in [0.3, 0.4) is 0 Å². The number of nitrogens with zero attached hydrogens (tertiary/aromatic N) is 1. The monoisotopic (exact) mass is 296 g/mol. The summed E-state index contributed by atoms with van der Waals surface area (Å²) in [5.74, 6) is -0.303. The average Bonchev–Trinajstić information content (AvgIpc) is 2.49. The lowest BCUT2D eigenvalue weighted by Crippen LogP contribution is -2.57. The number of aromatic hydroxyl groups is 1. The molecule has 1 aromatic rings. The van der Waals surface area contributed by atoms with Crippen LogP contribution >= 0.6 is 0 Å². The Balaban J connectivity index is 1.96. The summed E-state index contributed by atoms with van der Waals surface area (Å²) in [6, 6.07) is 1.16. The lowest BCUT2D eigenvalue weighted by molar-refractivity contribution is -0.134. The molecule has 0 spiro atoms. The zero-order chi connectivity index (χ0) is 15.5. The molecule has 21 heavy (non-hydrogen) atoms. The van der Waals surface area contributed by atoms with Crippen molar-refractivity contribution in [1.82, 2.24) is 10.2 Å². The minimum Gasteiger partial charge on any atom is -0.502 e. The van der Waals surface area contributed by atoms with Gasteiger partial charge in [-0.3, -0.25) is 14.5 Å². The molecule has 0 atom stereocenters. The van der Waals surface area contributed by atoms with Crippen molar-refractivity contribution < 1.29 is 19.1 Å². The van der Waals surface area contributed by atoms with Gasteiger partial charge in [0.1, 0.15) is 12.0 Å². The largest absolute Gasteiger partial charge is 0.502 e. The molecule has 0 bridgehead atoms. The molecule has 2 N–H and O–H groups in total. The summed E-state index contributed by atoms with van der Waals surface area (Å²) in [7, 11) is 0. The van der Waals surface area contributed by atoms with Crippen molar-refractivity contribution in [3.63, 3.8) is 0 Å². The normalized spacial score (nSPS) is 16.7. The fraction of sp³-hybridized carbons (Fsp3) is 0.571. The van der Waals surface area contributed by atoms with E-state index in [4.69, 9.17) is 14.3 Å². The van der Waals surface area contributed by atoms with Crippen molar-refractivity contribution in [2.75, 3.05) is 26.3 Å². The number of nitrogens with one attached hydrogen (secondary N) is 1. The Labute approximate surface area is 122 Å². The lowest BCUT2D eigenvalue weighted by Gasteiger charge is -2.39. The van der Waals surface area contributed by atoms with Crippen LogP contribution < -0.4 is 10.7 Å². The third-order valence-corrected chi connectivity index (χ3v) is 3.65. The number of morpholine rings is 1. The maximum atomic E-state index is 12.3. The lowest BCUT2D eigenvalue weighted by atomic mass is 10.0. The van der Waals surface area contributed by atoms with Crippen molar-refractivity contribution >= 4 is 5.91 Å². The quantitative estimate of drug-likeness (QED) is 0.817. The first-order valence-corrected chi connectivity index (χ1v) is 6.83. The van der Waals surface area contributed by atoms with Gasteiger partial charge in [0.15, 0.2) is 5.75 Å². The summed E-state index contributed by atoms with van der Waals surface area (Å²) in [4.78, 5) is 25.7. The average molecular weight is 296 g/mol.